The van der Waals surface area contributed by atoms with Gasteiger partial charge in [-0.2, -0.15) is 4.98 Å². The van der Waals surface area contributed by atoms with Crippen LogP contribution in [0.25, 0.3) is 0 Å². The predicted octanol–water partition coefficient (Wildman–Crippen LogP) is 4.00. The number of aliphatic imine (C=N–C) groups is 1. The second kappa shape index (κ2) is 14.1. The van der Waals surface area contributed by atoms with E-state index in [4.69, 9.17) is 4.52 Å². The molecule has 0 radical (unpaired) electrons. The zero-order valence-corrected chi connectivity index (χ0v) is 18.5. The van der Waals surface area contributed by atoms with E-state index in [0.29, 0.717) is 18.9 Å². The Labute approximate surface area is 169 Å². The fraction of sp³-hybridized carbons (Fsp3) is 0.722. The Bertz CT molecular complexity index is 501. The van der Waals surface area contributed by atoms with Gasteiger partial charge < -0.3 is 14.7 Å². The molecule has 1 N–H and O–H groups in total. The van der Waals surface area contributed by atoms with E-state index in [9.17, 15) is 0 Å². The number of hydrogen-bond acceptors (Lipinski definition) is 4. The Kier molecular flexibility index (Phi) is 13.5. The van der Waals surface area contributed by atoms with Crippen molar-refractivity contribution in [2.75, 3.05) is 26.7 Å². The number of halogens is 1. The van der Waals surface area contributed by atoms with Crippen molar-refractivity contribution >= 4 is 29.9 Å². The third kappa shape index (κ3) is 9.81. The molecule has 0 saturated carbocycles. The van der Waals surface area contributed by atoms with Crippen molar-refractivity contribution < 1.29 is 4.52 Å². The molecule has 1 rings (SSSR count). The van der Waals surface area contributed by atoms with E-state index in [-0.39, 0.29) is 29.9 Å². The first-order chi connectivity index (χ1) is 11.6. The molecule has 0 amide bonds. The zero-order valence-electron chi connectivity index (χ0n) is 16.1. The van der Waals surface area contributed by atoms with Crippen LogP contribution in [-0.2, 0) is 6.42 Å². The minimum atomic E-state index is 0. The number of nitrogens with zero attached hydrogens (tertiary/aromatic N) is 4. The van der Waals surface area contributed by atoms with E-state index in [1.54, 1.807) is 0 Å². The predicted molar refractivity (Wildman–Crippen MR) is 115 cm³/mol. The summed E-state index contributed by atoms with van der Waals surface area (Å²) in [6.07, 6.45) is 7.34. The van der Waals surface area contributed by atoms with E-state index in [1.807, 2.05) is 6.08 Å². The Morgan fingerprint density at radius 2 is 2.12 bits per heavy atom. The van der Waals surface area contributed by atoms with Crippen LogP contribution >= 0.6 is 24.0 Å². The molecule has 25 heavy (non-hydrogen) atoms. The molecule has 7 heteroatoms. The van der Waals surface area contributed by atoms with Crippen LogP contribution < -0.4 is 5.32 Å². The van der Waals surface area contributed by atoms with Crippen molar-refractivity contribution in [3.8, 4) is 0 Å². The largest absolute Gasteiger partial charge is 0.357 e. The number of allylic oxidation sites excluding steroid dienone is 1. The van der Waals surface area contributed by atoms with Crippen molar-refractivity contribution in [1.29, 1.82) is 0 Å². The Morgan fingerprint density at radius 1 is 1.36 bits per heavy atom. The summed E-state index contributed by atoms with van der Waals surface area (Å²) >= 11 is 0. The van der Waals surface area contributed by atoms with Gasteiger partial charge in [-0.25, -0.2) is 0 Å². The standard InChI is InChI=1S/C18H33N5O.HI/c1-6-8-9-10-11-14-23(5)18(19-7-2)20-13-12-16-21-17(15(3)4)22-24-16;/h6,15H,1,7-14H2,2-5H3,(H,19,20);1H. The van der Waals surface area contributed by atoms with Crippen LogP contribution in [0.15, 0.2) is 22.2 Å². The van der Waals surface area contributed by atoms with E-state index in [1.165, 1.54) is 12.8 Å². The van der Waals surface area contributed by atoms with E-state index >= 15 is 0 Å². The topological polar surface area (TPSA) is 66.5 Å². The fourth-order valence-electron chi connectivity index (χ4n) is 2.25. The zero-order chi connectivity index (χ0) is 17.8. The average Bonchev–Trinajstić information content (AvgIpc) is 3.03. The first-order valence-corrected chi connectivity index (χ1v) is 9.01. The average molecular weight is 463 g/mol. The van der Waals surface area contributed by atoms with Gasteiger partial charge in [0.2, 0.25) is 5.89 Å². The maximum Gasteiger partial charge on any atom is 0.228 e. The van der Waals surface area contributed by atoms with Crippen LogP contribution in [0, 0.1) is 0 Å². The number of aromatic nitrogens is 2. The van der Waals surface area contributed by atoms with E-state index in [0.717, 1.165) is 37.7 Å². The van der Waals surface area contributed by atoms with Crippen LogP contribution in [0.1, 0.15) is 64.1 Å². The summed E-state index contributed by atoms with van der Waals surface area (Å²) in [7, 11) is 2.08. The molecular weight excluding hydrogens is 429 g/mol. The molecule has 1 aromatic rings. The summed E-state index contributed by atoms with van der Waals surface area (Å²) in [6.45, 7) is 12.5. The highest BCUT2D eigenvalue weighted by molar-refractivity contribution is 14.0. The number of hydrogen-bond donors (Lipinski definition) is 1. The first-order valence-electron chi connectivity index (χ1n) is 9.01. The van der Waals surface area contributed by atoms with Gasteiger partial charge in [0.15, 0.2) is 11.8 Å². The summed E-state index contributed by atoms with van der Waals surface area (Å²) in [6, 6.07) is 0. The molecule has 0 aliphatic rings. The highest BCUT2D eigenvalue weighted by Crippen LogP contribution is 2.09. The van der Waals surface area contributed by atoms with Crippen LogP contribution in [0.3, 0.4) is 0 Å². The minimum Gasteiger partial charge on any atom is -0.357 e. The molecule has 1 aromatic heterocycles. The lowest BCUT2D eigenvalue weighted by Crippen LogP contribution is -2.39. The lowest BCUT2D eigenvalue weighted by molar-refractivity contribution is 0.372. The third-order valence-corrected chi connectivity index (χ3v) is 3.69. The second-order valence-electron chi connectivity index (χ2n) is 6.25. The Hall–Kier alpha value is -1.12. The molecule has 0 aromatic carbocycles. The monoisotopic (exact) mass is 463 g/mol. The van der Waals surface area contributed by atoms with Gasteiger partial charge in [0, 0.05) is 32.5 Å². The molecule has 0 saturated heterocycles. The van der Waals surface area contributed by atoms with Gasteiger partial charge in [-0.3, -0.25) is 4.99 Å². The van der Waals surface area contributed by atoms with Crippen molar-refractivity contribution in [3.05, 3.63) is 24.4 Å². The summed E-state index contributed by atoms with van der Waals surface area (Å²) in [5.74, 6) is 2.64. The number of nitrogens with one attached hydrogen (secondary N) is 1. The molecule has 0 atom stereocenters. The van der Waals surface area contributed by atoms with Gasteiger partial charge in [0.1, 0.15) is 0 Å². The van der Waals surface area contributed by atoms with Crippen LogP contribution in [-0.4, -0.2) is 47.7 Å². The molecule has 0 bridgehead atoms. The highest BCUT2D eigenvalue weighted by Gasteiger charge is 2.10. The third-order valence-electron chi connectivity index (χ3n) is 3.69. The van der Waals surface area contributed by atoms with Crippen molar-refractivity contribution in [3.63, 3.8) is 0 Å². The Morgan fingerprint density at radius 3 is 2.72 bits per heavy atom. The van der Waals surface area contributed by atoms with Crippen molar-refractivity contribution in [2.24, 2.45) is 4.99 Å². The fourth-order valence-corrected chi connectivity index (χ4v) is 2.25. The van der Waals surface area contributed by atoms with Gasteiger partial charge in [-0.05, 0) is 26.2 Å². The molecule has 1 heterocycles. The lowest BCUT2D eigenvalue weighted by atomic mass is 10.2. The smallest absolute Gasteiger partial charge is 0.228 e. The molecule has 0 spiro atoms. The molecule has 0 aliphatic heterocycles. The summed E-state index contributed by atoms with van der Waals surface area (Å²) in [4.78, 5) is 11.2. The van der Waals surface area contributed by atoms with Gasteiger partial charge in [-0.15, -0.1) is 30.6 Å². The Balaban J connectivity index is 0.00000576. The van der Waals surface area contributed by atoms with Gasteiger partial charge >= 0.3 is 0 Å². The minimum absolute atomic E-state index is 0. The quantitative estimate of drug-likeness (QED) is 0.177. The summed E-state index contributed by atoms with van der Waals surface area (Å²) in [5, 5.41) is 7.32. The van der Waals surface area contributed by atoms with E-state index < -0.39 is 0 Å². The van der Waals surface area contributed by atoms with Gasteiger partial charge in [0.25, 0.3) is 0 Å². The molecule has 144 valence electrons. The van der Waals surface area contributed by atoms with Crippen molar-refractivity contribution in [2.45, 2.75) is 58.8 Å². The van der Waals surface area contributed by atoms with Crippen LogP contribution in [0.5, 0.6) is 0 Å². The number of unbranched alkanes of at least 4 members (excludes halogenated alkanes) is 3. The van der Waals surface area contributed by atoms with Crippen LogP contribution in [0.4, 0.5) is 0 Å². The molecule has 0 fully saturated rings. The summed E-state index contributed by atoms with van der Waals surface area (Å²) < 4.78 is 5.26. The highest BCUT2D eigenvalue weighted by atomic mass is 127. The normalized spacial score (nSPS) is 11.3. The second-order valence-corrected chi connectivity index (χ2v) is 6.25. The number of guanidine groups is 1. The molecular formula is C18H34IN5O. The SMILES string of the molecule is C=CCCCCCN(C)C(=NCCc1nc(C(C)C)no1)NCC.I. The van der Waals surface area contributed by atoms with E-state index in [2.05, 4.69) is 59.7 Å². The summed E-state index contributed by atoms with van der Waals surface area (Å²) in [5.41, 5.74) is 0. The number of rotatable bonds is 11. The van der Waals surface area contributed by atoms with Gasteiger partial charge in [0.05, 0.1) is 6.54 Å². The van der Waals surface area contributed by atoms with Crippen molar-refractivity contribution in [1.82, 2.24) is 20.4 Å². The molecule has 0 aliphatic carbocycles. The van der Waals surface area contributed by atoms with Gasteiger partial charge in [-0.1, -0.05) is 31.5 Å². The van der Waals surface area contributed by atoms with Crippen LogP contribution in [0.2, 0.25) is 0 Å². The maximum atomic E-state index is 5.26. The molecule has 6 nitrogen and oxygen atoms in total. The maximum absolute atomic E-state index is 5.26. The first kappa shape index (κ1) is 23.9. The molecule has 0 unspecified atom stereocenters. The lowest BCUT2D eigenvalue weighted by Gasteiger charge is -2.21.